The minimum Gasteiger partial charge on any atom is -0.486 e. The molecule has 0 aliphatic rings. The van der Waals surface area contributed by atoms with Crippen molar-refractivity contribution in [3.05, 3.63) is 45.4 Å². The lowest BCUT2D eigenvalue weighted by Crippen LogP contribution is -1.97. The van der Waals surface area contributed by atoms with Crippen molar-refractivity contribution in [2.45, 2.75) is 33.3 Å². The topological polar surface area (TPSA) is 45.9 Å². The van der Waals surface area contributed by atoms with Crippen LogP contribution in [0.15, 0.2) is 24.3 Å². The van der Waals surface area contributed by atoms with Crippen LogP contribution in [0.3, 0.4) is 0 Å². The van der Waals surface area contributed by atoms with E-state index in [1.54, 1.807) is 0 Å². The average Bonchev–Trinajstić information content (AvgIpc) is 2.81. The summed E-state index contributed by atoms with van der Waals surface area (Å²) in [6.07, 6.45) is 1.85. The van der Waals surface area contributed by atoms with E-state index < -0.39 is 0 Å². The number of hydrogen-bond donors (Lipinski definition) is 0. The van der Waals surface area contributed by atoms with Crippen molar-refractivity contribution in [3.8, 4) is 11.8 Å². The quantitative estimate of drug-likeness (QED) is 0.830. The first kappa shape index (κ1) is 13.6. The van der Waals surface area contributed by atoms with Gasteiger partial charge in [-0.15, -0.1) is 11.3 Å². The van der Waals surface area contributed by atoms with Crippen LogP contribution in [0.2, 0.25) is 0 Å². The Labute approximate surface area is 117 Å². The van der Waals surface area contributed by atoms with Gasteiger partial charge in [0.15, 0.2) is 0 Å². The third-order valence-electron chi connectivity index (χ3n) is 2.77. The number of nitriles is 1. The van der Waals surface area contributed by atoms with E-state index in [2.05, 4.69) is 18.0 Å². The van der Waals surface area contributed by atoms with Crippen LogP contribution in [0.5, 0.6) is 5.75 Å². The van der Waals surface area contributed by atoms with E-state index in [0.717, 1.165) is 34.9 Å². The summed E-state index contributed by atoms with van der Waals surface area (Å²) in [5.74, 6) is 0.869. The molecule has 4 heteroatoms. The zero-order chi connectivity index (χ0) is 13.7. The van der Waals surface area contributed by atoms with Gasteiger partial charge in [0.25, 0.3) is 0 Å². The highest BCUT2D eigenvalue weighted by Crippen LogP contribution is 2.22. The van der Waals surface area contributed by atoms with Crippen molar-refractivity contribution in [3.63, 3.8) is 0 Å². The van der Waals surface area contributed by atoms with Crippen molar-refractivity contribution in [2.75, 3.05) is 0 Å². The Morgan fingerprint density at radius 2 is 2.16 bits per heavy atom. The summed E-state index contributed by atoms with van der Waals surface area (Å²) in [7, 11) is 0. The molecule has 1 aromatic carbocycles. The summed E-state index contributed by atoms with van der Waals surface area (Å²) in [6, 6.07) is 10.1. The predicted molar refractivity (Wildman–Crippen MR) is 76.3 cm³/mol. The molecule has 0 amide bonds. The van der Waals surface area contributed by atoms with E-state index >= 15 is 0 Å². The first-order valence-corrected chi connectivity index (χ1v) is 7.13. The van der Waals surface area contributed by atoms with Gasteiger partial charge in [-0.1, -0.05) is 31.5 Å². The van der Waals surface area contributed by atoms with Crippen molar-refractivity contribution >= 4 is 11.3 Å². The number of ether oxygens (including phenoxy) is 1. The molecule has 2 aromatic rings. The van der Waals surface area contributed by atoms with Crippen LogP contribution in [-0.4, -0.2) is 4.98 Å². The van der Waals surface area contributed by atoms with Crippen LogP contribution in [0, 0.1) is 18.3 Å². The Morgan fingerprint density at radius 3 is 2.84 bits per heavy atom. The van der Waals surface area contributed by atoms with Crippen molar-refractivity contribution in [1.82, 2.24) is 4.98 Å². The molecular formula is C15H16N2OS. The van der Waals surface area contributed by atoms with E-state index in [9.17, 15) is 0 Å². The van der Waals surface area contributed by atoms with Crippen molar-refractivity contribution in [1.29, 1.82) is 5.26 Å². The number of aromatic nitrogens is 1. The maximum Gasteiger partial charge on any atom is 0.140 e. The smallest absolute Gasteiger partial charge is 0.140 e. The van der Waals surface area contributed by atoms with Gasteiger partial charge in [0, 0.05) is 0 Å². The first-order chi connectivity index (χ1) is 9.24. The Balaban J connectivity index is 2.08. The van der Waals surface area contributed by atoms with Gasteiger partial charge in [-0.2, -0.15) is 5.26 Å². The minimum atomic E-state index is 0.425. The van der Waals surface area contributed by atoms with E-state index in [0.29, 0.717) is 11.5 Å². The molecule has 19 heavy (non-hydrogen) atoms. The Bertz CT molecular complexity index is 598. The number of nitrogens with zero attached hydrogens (tertiary/aromatic N) is 2. The maximum absolute atomic E-state index is 9.07. The molecule has 0 N–H and O–H groups in total. The van der Waals surface area contributed by atoms with Gasteiger partial charge in [0.05, 0.1) is 5.69 Å². The standard InChI is InChI=1S/C15H16N2OS/c1-3-6-12-14(9-16)19-15(17-12)10-18-13-8-5-4-7-11(13)2/h4-5,7-8H,3,6,10H2,1-2H3. The van der Waals surface area contributed by atoms with Gasteiger partial charge < -0.3 is 4.74 Å². The van der Waals surface area contributed by atoms with Gasteiger partial charge >= 0.3 is 0 Å². The van der Waals surface area contributed by atoms with Gasteiger partial charge in [-0.25, -0.2) is 4.98 Å². The van der Waals surface area contributed by atoms with Crippen LogP contribution in [0.1, 0.15) is 34.5 Å². The molecule has 0 bridgehead atoms. The SMILES string of the molecule is CCCc1nc(COc2ccccc2C)sc1C#N. The summed E-state index contributed by atoms with van der Waals surface area (Å²) in [5, 5.41) is 9.93. The Hall–Kier alpha value is -1.86. The fourth-order valence-corrected chi connectivity index (χ4v) is 2.63. The molecule has 1 heterocycles. The van der Waals surface area contributed by atoms with Gasteiger partial charge in [-0.3, -0.25) is 0 Å². The molecule has 2 rings (SSSR count). The summed E-state index contributed by atoms with van der Waals surface area (Å²) in [6.45, 7) is 4.53. The van der Waals surface area contributed by atoms with Crippen LogP contribution in [-0.2, 0) is 13.0 Å². The molecule has 3 nitrogen and oxygen atoms in total. The number of para-hydroxylation sites is 1. The fraction of sp³-hybridized carbons (Fsp3) is 0.333. The zero-order valence-corrected chi connectivity index (χ0v) is 12.0. The highest BCUT2D eigenvalue weighted by molar-refractivity contribution is 7.12. The molecule has 98 valence electrons. The molecule has 0 saturated carbocycles. The number of aryl methyl sites for hydroxylation is 2. The zero-order valence-electron chi connectivity index (χ0n) is 11.1. The molecule has 0 saturated heterocycles. The molecule has 0 atom stereocenters. The molecule has 1 aromatic heterocycles. The third kappa shape index (κ3) is 3.33. The van der Waals surface area contributed by atoms with Crippen LogP contribution >= 0.6 is 11.3 Å². The molecular weight excluding hydrogens is 256 g/mol. The molecule has 0 fully saturated rings. The minimum absolute atomic E-state index is 0.425. The second-order valence-corrected chi connectivity index (χ2v) is 5.38. The van der Waals surface area contributed by atoms with Crippen molar-refractivity contribution in [2.24, 2.45) is 0 Å². The summed E-state index contributed by atoms with van der Waals surface area (Å²) >= 11 is 1.43. The normalized spacial score (nSPS) is 10.2. The maximum atomic E-state index is 9.07. The molecule has 0 radical (unpaired) electrons. The Morgan fingerprint density at radius 1 is 1.37 bits per heavy atom. The number of benzene rings is 1. The molecule has 0 spiro atoms. The highest BCUT2D eigenvalue weighted by atomic mass is 32.1. The van der Waals surface area contributed by atoms with Crippen LogP contribution in [0.25, 0.3) is 0 Å². The fourth-order valence-electron chi connectivity index (χ4n) is 1.81. The Kier molecular flexibility index (Phi) is 4.53. The van der Waals surface area contributed by atoms with Gasteiger partial charge in [0.1, 0.15) is 28.3 Å². The number of thiazole rings is 1. The second-order valence-electron chi connectivity index (χ2n) is 4.30. The van der Waals surface area contributed by atoms with Gasteiger partial charge in [0.2, 0.25) is 0 Å². The summed E-state index contributed by atoms with van der Waals surface area (Å²) in [4.78, 5) is 5.20. The monoisotopic (exact) mass is 272 g/mol. The van der Waals surface area contributed by atoms with E-state index in [1.807, 2.05) is 31.2 Å². The summed E-state index contributed by atoms with van der Waals surface area (Å²) in [5.41, 5.74) is 2.01. The lowest BCUT2D eigenvalue weighted by atomic mass is 10.2. The molecule has 0 aliphatic carbocycles. The average molecular weight is 272 g/mol. The number of hydrogen-bond acceptors (Lipinski definition) is 4. The van der Waals surface area contributed by atoms with Crippen LogP contribution < -0.4 is 4.74 Å². The largest absolute Gasteiger partial charge is 0.486 e. The van der Waals surface area contributed by atoms with E-state index in [1.165, 1.54) is 11.3 Å². The van der Waals surface area contributed by atoms with E-state index in [4.69, 9.17) is 10.00 Å². The first-order valence-electron chi connectivity index (χ1n) is 6.31. The lowest BCUT2D eigenvalue weighted by Gasteiger charge is -2.06. The predicted octanol–water partition coefficient (Wildman–Crippen LogP) is 3.85. The highest BCUT2D eigenvalue weighted by Gasteiger charge is 2.10. The summed E-state index contributed by atoms with van der Waals surface area (Å²) < 4.78 is 5.75. The second kappa shape index (κ2) is 6.35. The van der Waals surface area contributed by atoms with Crippen LogP contribution in [0.4, 0.5) is 0 Å². The van der Waals surface area contributed by atoms with Crippen molar-refractivity contribution < 1.29 is 4.74 Å². The lowest BCUT2D eigenvalue weighted by molar-refractivity contribution is 0.303. The molecule has 0 aliphatic heterocycles. The third-order valence-corrected chi connectivity index (χ3v) is 3.75. The van der Waals surface area contributed by atoms with Gasteiger partial charge in [-0.05, 0) is 25.0 Å². The van der Waals surface area contributed by atoms with E-state index in [-0.39, 0.29) is 0 Å². The number of rotatable bonds is 5. The molecule has 0 unspecified atom stereocenters.